The van der Waals surface area contributed by atoms with Crippen LogP contribution in [0, 0.1) is 0 Å². The van der Waals surface area contributed by atoms with Gasteiger partial charge in [-0.05, 0) is 83.9 Å². The summed E-state index contributed by atoms with van der Waals surface area (Å²) < 4.78 is 12.1. The maximum atomic E-state index is 13.1. The number of nitrogens with one attached hydrogen (secondary N) is 1. The quantitative estimate of drug-likeness (QED) is 0.282. The van der Waals surface area contributed by atoms with E-state index in [1.54, 1.807) is 43.3 Å². The van der Waals surface area contributed by atoms with Gasteiger partial charge in [-0.2, -0.15) is 10.1 Å². The molecule has 190 valence electrons. The van der Waals surface area contributed by atoms with Crippen LogP contribution >= 0.6 is 39.1 Å². The van der Waals surface area contributed by atoms with Gasteiger partial charge in [0.2, 0.25) is 0 Å². The van der Waals surface area contributed by atoms with Gasteiger partial charge >= 0.3 is 0 Å². The summed E-state index contributed by atoms with van der Waals surface area (Å²) >= 11 is 15.4. The predicted octanol–water partition coefficient (Wildman–Crippen LogP) is 6.98. The summed E-state index contributed by atoms with van der Waals surface area (Å²) in [5, 5.41) is 9.23. The van der Waals surface area contributed by atoms with Gasteiger partial charge in [-0.3, -0.25) is 9.59 Å². The first-order valence-corrected chi connectivity index (χ1v) is 12.8. The van der Waals surface area contributed by atoms with Gasteiger partial charge in [0.05, 0.1) is 38.1 Å². The van der Waals surface area contributed by atoms with E-state index in [9.17, 15) is 9.59 Å². The van der Waals surface area contributed by atoms with Crippen molar-refractivity contribution < 1.29 is 19.1 Å². The Labute approximate surface area is 232 Å². The third-order valence-electron chi connectivity index (χ3n) is 5.26. The molecule has 7 nitrogen and oxygen atoms in total. The van der Waals surface area contributed by atoms with E-state index >= 15 is 0 Å². The Hall–Kier alpha value is -3.33. The van der Waals surface area contributed by atoms with Crippen molar-refractivity contribution >= 4 is 74.1 Å². The molecule has 10 heteroatoms. The number of amides is 2. The molecule has 0 saturated heterocycles. The fourth-order valence-electron chi connectivity index (χ4n) is 3.58. The van der Waals surface area contributed by atoms with E-state index < -0.39 is 0 Å². The molecule has 0 aromatic heterocycles. The van der Waals surface area contributed by atoms with Crippen molar-refractivity contribution in [1.82, 2.24) is 0 Å². The first-order chi connectivity index (χ1) is 17.8. The Balaban J connectivity index is 1.52. The van der Waals surface area contributed by atoms with Crippen molar-refractivity contribution in [2.24, 2.45) is 5.10 Å². The number of carbonyl (C=O) groups is 2. The molecule has 1 aliphatic rings. The lowest BCUT2D eigenvalue weighted by molar-refractivity contribution is -0.118. The summed E-state index contributed by atoms with van der Waals surface area (Å²) in [7, 11) is 0. The lowest BCUT2D eigenvalue weighted by Crippen LogP contribution is -2.21. The van der Waals surface area contributed by atoms with Crippen molar-refractivity contribution in [3.63, 3.8) is 0 Å². The molecule has 1 heterocycles. The Morgan fingerprint density at radius 3 is 2.54 bits per heavy atom. The summed E-state index contributed by atoms with van der Waals surface area (Å²) in [6.45, 7) is 3.74. The number of para-hydroxylation sites is 1. The molecule has 0 aliphatic carbocycles. The van der Waals surface area contributed by atoms with Crippen molar-refractivity contribution in [3.05, 3.63) is 86.3 Å². The topological polar surface area (TPSA) is 80.2 Å². The number of hydrogen-bond acceptors (Lipinski definition) is 5. The second kappa shape index (κ2) is 11.8. The van der Waals surface area contributed by atoms with E-state index in [2.05, 4.69) is 26.3 Å². The normalized spacial score (nSPS) is 14.1. The van der Waals surface area contributed by atoms with Gasteiger partial charge in [0.25, 0.3) is 11.8 Å². The van der Waals surface area contributed by atoms with Crippen molar-refractivity contribution in [2.45, 2.75) is 13.8 Å². The first kappa shape index (κ1) is 26.7. The first-order valence-electron chi connectivity index (χ1n) is 11.3. The Kier molecular flexibility index (Phi) is 8.53. The molecule has 3 aromatic carbocycles. The average Bonchev–Trinajstić information content (AvgIpc) is 3.15. The number of halogens is 3. The van der Waals surface area contributed by atoms with Crippen LogP contribution < -0.4 is 19.8 Å². The number of anilines is 2. The second-order valence-electron chi connectivity index (χ2n) is 7.92. The molecular formula is C27H22BrCl2N3O4. The largest absolute Gasteiger partial charge is 0.490 e. The maximum absolute atomic E-state index is 13.1. The highest BCUT2D eigenvalue weighted by molar-refractivity contribution is 9.10. The van der Waals surface area contributed by atoms with Crippen molar-refractivity contribution in [3.8, 4) is 11.5 Å². The predicted molar refractivity (Wildman–Crippen MR) is 151 cm³/mol. The standard InChI is InChI=1S/C27H22BrCl2N3O4/c1-3-36-24-13-17(11-20-16(2)32-33(27(20)35)19-7-5-4-6-8-19)12-21(28)26(24)37-15-25(34)31-18-9-10-22(29)23(30)14-18/h4-14H,3,15H2,1-2H3,(H,31,34)/b20-11-. The molecule has 1 aliphatic heterocycles. The zero-order valence-corrected chi connectivity index (χ0v) is 23.0. The van der Waals surface area contributed by atoms with Gasteiger partial charge in [0, 0.05) is 5.69 Å². The van der Waals surface area contributed by atoms with Crippen molar-refractivity contribution in [1.29, 1.82) is 0 Å². The van der Waals surface area contributed by atoms with E-state index in [0.717, 1.165) is 0 Å². The molecule has 0 fully saturated rings. The van der Waals surface area contributed by atoms with Gasteiger partial charge in [-0.15, -0.1) is 0 Å². The summed E-state index contributed by atoms with van der Waals surface area (Å²) in [5.74, 6) is 0.175. The minimum atomic E-state index is -0.386. The molecule has 0 atom stereocenters. The number of hydrogen-bond donors (Lipinski definition) is 1. The number of benzene rings is 3. The summed E-state index contributed by atoms with van der Waals surface area (Å²) in [6, 6.07) is 17.6. The highest BCUT2D eigenvalue weighted by atomic mass is 79.9. The maximum Gasteiger partial charge on any atom is 0.280 e. The minimum absolute atomic E-state index is 0.225. The minimum Gasteiger partial charge on any atom is -0.490 e. The molecule has 4 rings (SSSR count). The monoisotopic (exact) mass is 601 g/mol. The zero-order valence-electron chi connectivity index (χ0n) is 19.9. The van der Waals surface area contributed by atoms with E-state index in [0.29, 0.717) is 60.8 Å². The van der Waals surface area contributed by atoms with Gasteiger partial charge in [-0.25, -0.2) is 0 Å². The second-order valence-corrected chi connectivity index (χ2v) is 9.59. The van der Waals surface area contributed by atoms with Crippen LogP contribution in [0.4, 0.5) is 11.4 Å². The van der Waals surface area contributed by atoms with E-state index in [4.69, 9.17) is 32.7 Å². The molecule has 3 aromatic rings. The lowest BCUT2D eigenvalue weighted by Gasteiger charge is -2.15. The summed E-state index contributed by atoms with van der Waals surface area (Å²) in [4.78, 5) is 25.5. The lowest BCUT2D eigenvalue weighted by atomic mass is 10.1. The van der Waals surface area contributed by atoms with E-state index in [1.807, 2.05) is 37.3 Å². The van der Waals surface area contributed by atoms with Gasteiger partial charge in [0.1, 0.15) is 0 Å². The van der Waals surface area contributed by atoms with Crippen molar-refractivity contribution in [2.75, 3.05) is 23.5 Å². The van der Waals surface area contributed by atoms with Crippen LogP contribution in [0.3, 0.4) is 0 Å². The molecule has 0 saturated carbocycles. The molecular weight excluding hydrogens is 581 g/mol. The Morgan fingerprint density at radius 2 is 1.84 bits per heavy atom. The summed E-state index contributed by atoms with van der Waals surface area (Å²) in [6.07, 6.45) is 1.75. The van der Waals surface area contributed by atoms with Gasteiger partial charge < -0.3 is 14.8 Å². The highest BCUT2D eigenvalue weighted by Crippen LogP contribution is 2.38. The van der Waals surface area contributed by atoms with Crippen LogP contribution in [0.25, 0.3) is 6.08 Å². The number of nitrogens with zero attached hydrogens (tertiary/aromatic N) is 2. The fourth-order valence-corrected chi connectivity index (χ4v) is 4.45. The average molecular weight is 603 g/mol. The van der Waals surface area contributed by atoms with Crippen LogP contribution in [0.5, 0.6) is 11.5 Å². The number of ether oxygens (including phenoxy) is 2. The third-order valence-corrected chi connectivity index (χ3v) is 6.59. The molecule has 0 bridgehead atoms. The fraction of sp³-hybridized carbons (Fsp3) is 0.148. The van der Waals surface area contributed by atoms with Gasteiger partial charge in [-0.1, -0.05) is 41.4 Å². The number of hydrazone groups is 1. The van der Waals surface area contributed by atoms with Crippen LogP contribution in [0.2, 0.25) is 10.0 Å². The molecule has 1 N–H and O–H groups in total. The molecule has 0 radical (unpaired) electrons. The third kappa shape index (κ3) is 6.33. The van der Waals surface area contributed by atoms with Crippen LogP contribution in [0.15, 0.2) is 75.8 Å². The van der Waals surface area contributed by atoms with Crippen LogP contribution in [-0.4, -0.2) is 30.7 Å². The van der Waals surface area contributed by atoms with Gasteiger partial charge in [0.15, 0.2) is 18.1 Å². The van der Waals surface area contributed by atoms with Crippen LogP contribution in [0.1, 0.15) is 19.4 Å². The van der Waals surface area contributed by atoms with E-state index in [-0.39, 0.29) is 18.4 Å². The smallest absolute Gasteiger partial charge is 0.280 e. The Bertz CT molecular complexity index is 1410. The number of carbonyl (C=O) groups excluding carboxylic acids is 2. The van der Waals surface area contributed by atoms with E-state index in [1.165, 1.54) is 5.01 Å². The number of rotatable bonds is 8. The summed E-state index contributed by atoms with van der Waals surface area (Å²) in [5.41, 5.74) is 2.96. The molecule has 0 unspecified atom stereocenters. The Morgan fingerprint density at radius 1 is 1.08 bits per heavy atom. The zero-order chi connectivity index (χ0) is 26.5. The SMILES string of the molecule is CCOc1cc(/C=C2\C(=O)N(c3ccccc3)N=C2C)cc(Br)c1OCC(=O)Nc1ccc(Cl)c(Cl)c1. The molecule has 2 amide bonds. The van der Waals surface area contributed by atoms with Crippen LogP contribution in [-0.2, 0) is 9.59 Å². The molecule has 0 spiro atoms. The highest BCUT2D eigenvalue weighted by Gasteiger charge is 2.28. The molecule has 37 heavy (non-hydrogen) atoms.